The van der Waals surface area contributed by atoms with Crippen LogP contribution < -0.4 is 0 Å². The molecule has 1 fully saturated rings. The smallest absolute Gasteiger partial charge is 0.0865 e. The molecule has 1 heterocycles. The van der Waals surface area contributed by atoms with E-state index in [2.05, 4.69) is 45.7 Å². The molecule has 0 spiro atoms. The molecule has 1 saturated carbocycles. The third-order valence-corrected chi connectivity index (χ3v) is 14.7. The molecule has 0 atom stereocenters. The number of hydrogen-bond donors (Lipinski definition) is 0. The Bertz CT molecular complexity index is 401. The number of allylic oxidation sites excluding steroid dienone is 3. The summed E-state index contributed by atoms with van der Waals surface area (Å²) in [4.78, 5) is 1.93. The standard InChI is InChI=1S/C17H32Si2/c1-7-14-13-16(18(2,3)4)19(5,6)17(14)15-11-9-8-10-12-15/h13,15H,7-12H2,1-6H3. The second-order valence-electron chi connectivity index (χ2n) is 8.06. The fourth-order valence-corrected chi connectivity index (χ4v) is 16.3. The first-order chi connectivity index (χ1) is 8.78. The minimum absolute atomic E-state index is 0.940. The van der Waals surface area contributed by atoms with E-state index in [-0.39, 0.29) is 0 Å². The highest BCUT2D eigenvalue weighted by Gasteiger charge is 2.44. The van der Waals surface area contributed by atoms with Crippen molar-refractivity contribution in [2.24, 2.45) is 5.92 Å². The largest absolute Gasteiger partial charge is 0.0991 e. The molecule has 0 aromatic rings. The van der Waals surface area contributed by atoms with Crippen molar-refractivity contribution in [2.75, 3.05) is 0 Å². The molecule has 2 aliphatic rings. The maximum absolute atomic E-state index is 2.67. The summed E-state index contributed by atoms with van der Waals surface area (Å²) in [7, 11) is -2.45. The maximum Gasteiger partial charge on any atom is 0.0991 e. The van der Waals surface area contributed by atoms with Crippen LogP contribution in [0.1, 0.15) is 45.4 Å². The first-order valence-corrected chi connectivity index (χ1v) is 14.7. The Hall–Kier alpha value is -0.0862. The average molecular weight is 293 g/mol. The molecule has 0 nitrogen and oxygen atoms in total. The Morgan fingerprint density at radius 3 is 2.16 bits per heavy atom. The van der Waals surface area contributed by atoms with Gasteiger partial charge in [-0.25, -0.2) is 0 Å². The highest BCUT2D eigenvalue weighted by Crippen LogP contribution is 2.46. The lowest BCUT2D eigenvalue weighted by Gasteiger charge is -2.37. The van der Waals surface area contributed by atoms with E-state index in [1.165, 1.54) is 38.5 Å². The molecule has 0 aromatic heterocycles. The number of hydrogen-bond acceptors (Lipinski definition) is 0. The molecule has 0 aromatic carbocycles. The summed E-state index contributed by atoms with van der Waals surface area (Å²) in [5.41, 5.74) is 1.75. The molecule has 0 radical (unpaired) electrons. The van der Waals surface area contributed by atoms with Crippen molar-refractivity contribution < 1.29 is 0 Å². The average Bonchev–Trinajstić information content (AvgIpc) is 2.61. The Morgan fingerprint density at radius 2 is 1.68 bits per heavy atom. The molecular weight excluding hydrogens is 260 g/mol. The van der Waals surface area contributed by atoms with Gasteiger partial charge in [0, 0.05) is 0 Å². The van der Waals surface area contributed by atoms with E-state index < -0.39 is 16.1 Å². The second kappa shape index (κ2) is 5.36. The summed E-state index contributed by atoms with van der Waals surface area (Å²) in [6, 6.07) is 0. The van der Waals surface area contributed by atoms with Gasteiger partial charge in [0.15, 0.2) is 0 Å². The first kappa shape index (κ1) is 15.3. The van der Waals surface area contributed by atoms with E-state index >= 15 is 0 Å². The quantitative estimate of drug-likeness (QED) is 0.570. The van der Waals surface area contributed by atoms with Crippen LogP contribution in [0.4, 0.5) is 0 Å². The highest BCUT2D eigenvalue weighted by atomic mass is 28.4. The fourth-order valence-electron chi connectivity index (χ4n) is 4.59. The minimum Gasteiger partial charge on any atom is -0.0865 e. The van der Waals surface area contributed by atoms with Crippen LogP contribution in [0.3, 0.4) is 0 Å². The van der Waals surface area contributed by atoms with Gasteiger partial charge >= 0.3 is 0 Å². The zero-order valence-corrected chi connectivity index (χ0v) is 15.9. The monoisotopic (exact) mass is 292 g/mol. The minimum atomic E-state index is -1.30. The zero-order chi connectivity index (χ0) is 14.3. The molecule has 2 rings (SSSR count). The zero-order valence-electron chi connectivity index (χ0n) is 13.9. The molecule has 0 saturated heterocycles. The third-order valence-electron chi connectivity index (χ3n) is 5.21. The van der Waals surface area contributed by atoms with Crippen molar-refractivity contribution in [3.8, 4) is 0 Å². The molecule has 2 heteroatoms. The Kier molecular flexibility index (Phi) is 4.32. The highest BCUT2D eigenvalue weighted by molar-refractivity contribution is 7.08. The summed E-state index contributed by atoms with van der Waals surface area (Å²) in [5.74, 6) is 0.940. The van der Waals surface area contributed by atoms with E-state index in [0.29, 0.717) is 0 Å². The lowest BCUT2D eigenvalue weighted by atomic mass is 9.87. The van der Waals surface area contributed by atoms with Crippen LogP contribution in [0.25, 0.3) is 0 Å². The van der Waals surface area contributed by atoms with Crippen LogP contribution in [0.2, 0.25) is 32.7 Å². The van der Waals surface area contributed by atoms with E-state index in [1.807, 2.05) is 10.0 Å². The van der Waals surface area contributed by atoms with Gasteiger partial charge in [-0.15, -0.1) is 0 Å². The Labute approximate surface area is 122 Å². The molecule has 19 heavy (non-hydrogen) atoms. The lowest BCUT2D eigenvalue weighted by molar-refractivity contribution is 0.410. The van der Waals surface area contributed by atoms with Gasteiger partial charge < -0.3 is 0 Å². The molecule has 0 amide bonds. The van der Waals surface area contributed by atoms with Crippen molar-refractivity contribution in [2.45, 2.75) is 78.2 Å². The van der Waals surface area contributed by atoms with Crippen molar-refractivity contribution in [3.05, 3.63) is 21.7 Å². The third kappa shape index (κ3) is 2.85. The van der Waals surface area contributed by atoms with Crippen LogP contribution in [-0.2, 0) is 0 Å². The lowest BCUT2D eigenvalue weighted by Crippen LogP contribution is -2.44. The molecule has 0 unspecified atom stereocenters. The maximum atomic E-state index is 2.67. The summed E-state index contributed by atoms with van der Waals surface area (Å²) in [6.07, 6.45) is 11.3. The van der Waals surface area contributed by atoms with Gasteiger partial charge in [-0.1, -0.05) is 80.6 Å². The Morgan fingerprint density at radius 1 is 1.11 bits per heavy atom. The molecule has 1 aliphatic carbocycles. The van der Waals surface area contributed by atoms with Crippen molar-refractivity contribution in [1.29, 1.82) is 0 Å². The molecule has 0 N–H and O–H groups in total. The van der Waals surface area contributed by atoms with Gasteiger partial charge in [0.05, 0.1) is 16.1 Å². The fraction of sp³-hybridized carbons (Fsp3) is 0.765. The molecular formula is C17H32Si2. The van der Waals surface area contributed by atoms with Crippen LogP contribution >= 0.6 is 0 Å². The molecule has 108 valence electrons. The van der Waals surface area contributed by atoms with Crippen molar-refractivity contribution >= 4 is 16.1 Å². The van der Waals surface area contributed by atoms with Crippen molar-refractivity contribution in [3.63, 3.8) is 0 Å². The Balaban J connectivity index is 2.37. The van der Waals surface area contributed by atoms with Gasteiger partial charge in [-0.2, -0.15) is 0 Å². The number of rotatable bonds is 3. The topological polar surface area (TPSA) is 0 Å². The summed E-state index contributed by atoms with van der Waals surface area (Å²) in [6.45, 7) is 15.3. The normalized spacial score (nSPS) is 24.8. The second-order valence-corrected chi connectivity index (χ2v) is 17.9. The summed E-state index contributed by atoms with van der Waals surface area (Å²) < 4.78 is 0. The van der Waals surface area contributed by atoms with E-state index in [1.54, 1.807) is 5.57 Å². The summed E-state index contributed by atoms with van der Waals surface area (Å²) in [5, 5.41) is 1.96. The summed E-state index contributed by atoms with van der Waals surface area (Å²) >= 11 is 0. The van der Waals surface area contributed by atoms with Crippen molar-refractivity contribution in [1.82, 2.24) is 0 Å². The SMILES string of the molecule is CCC1=C(C2CCCCC2)[Si](C)(C)C([Si](C)(C)C)=C1. The predicted octanol–water partition coefficient (Wildman–Crippen LogP) is 5.88. The van der Waals surface area contributed by atoms with E-state index in [9.17, 15) is 0 Å². The first-order valence-electron chi connectivity index (χ1n) is 8.24. The predicted molar refractivity (Wildman–Crippen MR) is 92.8 cm³/mol. The van der Waals surface area contributed by atoms with Crippen LogP contribution in [0.5, 0.6) is 0 Å². The van der Waals surface area contributed by atoms with E-state index in [0.717, 1.165) is 5.92 Å². The van der Waals surface area contributed by atoms with E-state index in [4.69, 9.17) is 0 Å². The van der Waals surface area contributed by atoms with Crippen LogP contribution in [-0.4, -0.2) is 16.1 Å². The van der Waals surface area contributed by atoms with Gasteiger partial charge in [0.2, 0.25) is 0 Å². The van der Waals surface area contributed by atoms with Crippen LogP contribution in [0.15, 0.2) is 21.7 Å². The van der Waals surface area contributed by atoms with Gasteiger partial charge in [-0.05, 0) is 25.2 Å². The van der Waals surface area contributed by atoms with Crippen LogP contribution in [0, 0.1) is 5.92 Å². The molecule has 1 aliphatic heterocycles. The van der Waals surface area contributed by atoms with Gasteiger partial charge in [-0.3, -0.25) is 0 Å². The van der Waals surface area contributed by atoms with Gasteiger partial charge in [0.25, 0.3) is 0 Å². The molecule has 0 bridgehead atoms. The van der Waals surface area contributed by atoms with Gasteiger partial charge in [0.1, 0.15) is 0 Å².